The average Bonchev–Trinajstić information content (AvgIpc) is 2.28. The number of rotatable bonds is 8. The number of hydrogen-bond donors (Lipinski definition) is 2. The minimum absolute atomic E-state index is 0.0490. The summed E-state index contributed by atoms with van der Waals surface area (Å²) in [5, 5.41) is 2.66. The van der Waals surface area contributed by atoms with Crippen molar-refractivity contribution in [2.75, 3.05) is 33.9 Å². The van der Waals surface area contributed by atoms with E-state index in [0.717, 1.165) is 0 Å². The van der Waals surface area contributed by atoms with E-state index in [1.54, 1.807) is 14.2 Å². The lowest BCUT2D eigenvalue weighted by Crippen LogP contribution is -2.42. The summed E-state index contributed by atoms with van der Waals surface area (Å²) in [6.45, 7) is 4.89. The third-order valence-electron chi connectivity index (χ3n) is 2.70. The lowest BCUT2D eigenvalue weighted by atomic mass is 10.0. The summed E-state index contributed by atoms with van der Waals surface area (Å²) in [6, 6.07) is -0.170. The van der Waals surface area contributed by atoms with Crippen molar-refractivity contribution in [3.05, 3.63) is 0 Å². The monoisotopic (exact) mass is 259 g/mol. The van der Waals surface area contributed by atoms with Crippen LogP contribution in [-0.4, -0.2) is 56.6 Å². The molecule has 2 amide bonds. The Labute approximate surface area is 109 Å². The molecule has 6 heteroatoms. The molecule has 0 radical (unpaired) electrons. The minimum Gasteiger partial charge on any atom is -0.383 e. The second-order valence-corrected chi connectivity index (χ2v) is 4.70. The predicted octanol–water partition coefficient (Wildman–Crippen LogP) is -0.419. The molecule has 0 fully saturated rings. The number of hydrogen-bond acceptors (Lipinski definition) is 4. The first-order valence-corrected chi connectivity index (χ1v) is 6.13. The van der Waals surface area contributed by atoms with Gasteiger partial charge in [0.15, 0.2) is 0 Å². The third kappa shape index (κ3) is 7.24. The van der Waals surface area contributed by atoms with Crippen molar-refractivity contribution in [2.24, 2.45) is 11.7 Å². The number of carbonyl (C=O) groups is 2. The first kappa shape index (κ1) is 16.9. The molecule has 0 heterocycles. The highest BCUT2D eigenvalue weighted by Gasteiger charge is 2.17. The van der Waals surface area contributed by atoms with Crippen LogP contribution in [0.4, 0.5) is 0 Å². The van der Waals surface area contributed by atoms with Gasteiger partial charge in [0.25, 0.3) is 0 Å². The molecule has 3 N–H and O–H groups in total. The maximum Gasteiger partial charge on any atom is 0.239 e. The Bertz CT molecular complexity index is 269. The highest BCUT2D eigenvalue weighted by Crippen LogP contribution is 2.04. The zero-order chi connectivity index (χ0) is 14.1. The van der Waals surface area contributed by atoms with Gasteiger partial charge in [0.2, 0.25) is 11.8 Å². The minimum atomic E-state index is -0.194. The van der Waals surface area contributed by atoms with Crippen LogP contribution in [0.3, 0.4) is 0 Å². The molecule has 0 spiro atoms. The second-order valence-electron chi connectivity index (χ2n) is 4.70. The maximum atomic E-state index is 11.8. The Morgan fingerprint density at radius 1 is 1.39 bits per heavy atom. The normalized spacial score (nSPS) is 12.3. The number of likely N-dealkylation sites (N-methyl/N-ethyl adjacent to an activating group) is 1. The van der Waals surface area contributed by atoms with Gasteiger partial charge in [-0.3, -0.25) is 9.59 Å². The van der Waals surface area contributed by atoms with Crippen molar-refractivity contribution in [1.82, 2.24) is 10.2 Å². The number of nitrogens with one attached hydrogen (secondary N) is 1. The van der Waals surface area contributed by atoms with Crippen LogP contribution in [0.1, 0.15) is 20.3 Å². The highest BCUT2D eigenvalue weighted by molar-refractivity contribution is 5.84. The molecule has 0 saturated heterocycles. The number of carbonyl (C=O) groups excluding carboxylic acids is 2. The molecule has 18 heavy (non-hydrogen) atoms. The lowest BCUT2D eigenvalue weighted by molar-refractivity contribution is -0.135. The lowest BCUT2D eigenvalue weighted by Gasteiger charge is -2.20. The van der Waals surface area contributed by atoms with Crippen molar-refractivity contribution in [1.29, 1.82) is 0 Å². The molecule has 0 aliphatic rings. The number of nitrogens with zero attached hydrogens (tertiary/aromatic N) is 1. The molecule has 0 saturated carbocycles. The van der Waals surface area contributed by atoms with Gasteiger partial charge < -0.3 is 20.7 Å². The molecule has 1 unspecified atom stereocenters. The molecule has 0 aromatic rings. The SMILES string of the molecule is COCCNC(=O)CN(C)C(=O)CC(N)C(C)C. The summed E-state index contributed by atoms with van der Waals surface area (Å²) < 4.78 is 4.81. The summed E-state index contributed by atoms with van der Waals surface area (Å²) in [7, 11) is 3.17. The van der Waals surface area contributed by atoms with E-state index in [2.05, 4.69) is 5.32 Å². The maximum absolute atomic E-state index is 11.8. The van der Waals surface area contributed by atoms with E-state index in [1.807, 2.05) is 13.8 Å². The molecular weight excluding hydrogens is 234 g/mol. The quantitative estimate of drug-likeness (QED) is 0.580. The molecular formula is C12H25N3O3. The van der Waals surface area contributed by atoms with Crippen molar-refractivity contribution in [3.63, 3.8) is 0 Å². The van der Waals surface area contributed by atoms with Crippen molar-refractivity contribution in [2.45, 2.75) is 26.3 Å². The Kier molecular flexibility index (Phi) is 8.32. The van der Waals surface area contributed by atoms with Crippen molar-refractivity contribution >= 4 is 11.8 Å². The van der Waals surface area contributed by atoms with Crippen LogP contribution in [0.5, 0.6) is 0 Å². The summed E-state index contributed by atoms with van der Waals surface area (Å²) in [5.74, 6) is -0.0583. The number of ether oxygens (including phenoxy) is 1. The summed E-state index contributed by atoms with van der Waals surface area (Å²) in [4.78, 5) is 24.6. The highest BCUT2D eigenvalue weighted by atomic mass is 16.5. The topological polar surface area (TPSA) is 84.7 Å². The summed E-state index contributed by atoms with van der Waals surface area (Å²) >= 11 is 0. The molecule has 0 aromatic carbocycles. The van der Waals surface area contributed by atoms with E-state index >= 15 is 0 Å². The van der Waals surface area contributed by atoms with Crippen LogP contribution in [0.15, 0.2) is 0 Å². The summed E-state index contributed by atoms with van der Waals surface area (Å²) in [5.41, 5.74) is 5.82. The van der Waals surface area contributed by atoms with Crippen LogP contribution < -0.4 is 11.1 Å². The van der Waals surface area contributed by atoms with Gasteiger partial charge >= 0.3 is 0 Å². The van der Waals surface area contributed by atoms with Gasteiger partial charge in [-0.1, -0.05) is 13.8 Å². The van der Waals surface area contributed by atoms with Gasteiger partial charge in [-0.05, 0) is 5.92 Å². The van der Waals surface area contributed by atoms with Gasteiger partial charge in [-0.2, -0.15) is 0 Å². The molecule has 0 rings (SSSR count). The molecule has 0 bridgehead atoms. The standard InChI is InChI=1S/C12H25N3O3/c1-9(2)10(13)7-12(17)15(3)8-11(16)14-5-6-18-4/h9-10H,5-8,13H2,1-4H3,(H,14,16). The molecule has 0 aliphatic heterocycles. The first-order chi connectivity index (χ1) is 8.38. The predicted molar refractivity (Wildman–Crippen MR) is 70.0 cm³/mol. The van der Waals surface area contributed by atoms with Gasteiger partial charge in [0.1, 0.15) is 0 Å². The van der Waals surface area contributed by atoms with E-state index in [9.17, 15) is 9.59 Å². The summed E-state index contributed by atoms with van der Waals surface area (Å²) in [6.07, 6.45) is 0.263. The Morgan fingerprint density at radius 2 is 2.00 bits per heavy atom. The van der Waals surface area contributed by atoms with E-state index in [-0.39, 0.29) is 36.7 Å². The van der Waals surface area contributed by atoms with Crippen LogP contribution in [-0.2, 0) is 14.3 Å². The van der Waals surface area contributed by atoms with Gasteiger partial charge in [0, 0.05) is 33.2 Å². The van der Waals surface area contributed by atoms with Gasteiger partial charge in [-0.15, -0.1) is 0 Å². The van der Waals surface area contributed by atoms with E-state index in [0.29, 0.717) is 13.2 Å². The number of amides is 2. The molecule has 106 valence electrons. The fraction of sp³-hybridized carbons (Fsp3) is 0.833. The molecule has 6 nitrogen and oxygen atoms in total. The van der Waals surface area contributed by atoms with Gasteiger partial charge in [0.05, 0.1) is 13.2 Å². The van der Waals surface area contributed by atoms with Crippen LogP contribution >= 0.6 is 0 Å². The van der Waals surface area contributed by atoms with Crippen LogP contribution in [0.25, 0.3) is 0 Å². The zero-order valence-electron chi connectivity index (χ0n) is 11.7. The largest absolute Gasteiger partial charge is 0.383 e. The molecule has 0 aromatic heterocycles. The third-order valence-corrected chi connectivity index (χ3v) is 2.70. The second kappa shape index (κ2) is 8.88. The Morgan fingerprint density at radius 3 is 2.50 bits per heavy atom. The van der Waals surface area contributed by atoms with Crippen LogP contribution in [0, 0.1) is 5.92 Å². The Balaban J connectivity index is 3.96. The van der Waals surface area contributed by atoms with E-state index < -0.39 is 0 Å². The fourth-order valence-electron chi connectivity index (χ4n) is 1.25. The van der Waals surface area contributed by atoms with Crippen molar-refractivity contribution < 1.29 is 14.3 Å². The molecule has 1 atom stereocenters. The van der Waals surface area contributed by atoms with E-state index in [1.165, 1.54) is 4.90 Å². The van der Waals surface area contributed by atoms with Crippen molar-refractivity contribution in [3.8, 4) is 0 Å². The fourth-order valence-corrected chi connectivity index (χ4v) is 1.25. The average molecular weight is 259 g/mol. The first-order valence-electron chi connectivity index (χ1n) is 6.13. The number of methoxy groups -OCH3 is 1. The van der Waals surface area contributed by atoms with E-state index in [4.69, 9.17) is 10.5 Å². The smallest absolute Gasteiger partial charge is 0.239 e. The van der Waals surface area contributed by atoms with Gasteiger partial charge in [-0.25, -0.2) is 0 Å². The Hall–Kier alpha value is -1.14. The van der Waals surface area contributed by atoms with Crippen LogP contribution in [0.2, 0.25) is 0 Å². The number of nitrogens with two attached hydrogens (primary N) is 1. The zero-order valence-corrected chi connectivity index (χ0v) is 11.7. The molecule has 0 aliphatic carbocycles.